The molecular weight excluding hydrogens is 231 g/mol. The lowest BCUT2D eigenvalue weighted by Crippen LogP contribution is -2.34. The van der Waals surface area contributed by atoms with Gasteiger partial charge in [0.05, 0.1) is 6.10 Å². The maximum absolute atomic E-state index is 12.9. The van der Waals surface area contributed by atoms with Gasteiger partial charge < -0.3 is 15.3 Å². The van der Waals surface area contributed by atoms with Crippen LogP contribution in [-0.4, -0.2) is 42.3 Å². The molecule has 2 rings (SSSR count). The molecule has 1 aliphatic rings. The van der Waals surface area contributed by atoms with Gasteiger partial charge in [0.2, 0.25) is 0 Å². The molecule has 2 N–H and O–H groups in total. The Hall–Kier alpha value is -1.13. The summed E-state index contributed by atoms with van der Waals surface area (Å²) in [5.41, 5.74) is 1.75. The van der Waals surface area contributed by atoms with Crippen LogP contribution in [0, 0.1) is 12.7 Å². The van der Waals surface area contributed by atoms with Crippen molar-refractivity contribution >= 4 is 5.69 Å². The van der Waals surface area contributed by atoms with Gasteiger partial charge in [-0.1, -0.05) is 0 Å². The van der Waals surface area contributed by atoms with E-state index in [9.17, 15) is 9.50 Å². The maximum Gasteiger partial charge on any atom is 0.123 e. The molecule has 1 atom stereocenters. The number of halogens is 1. The number of nitrogens with one attached hydrogen (secondary N) is 1. The number of benzene rings is 1. The van der Waals surface area contributed by atoms with Crippen LogP contribution in [0.15, 0.2) is 18.2 Å². The molecule has 3 nitrogen and oxygen atoms in total. The van der Waals surface area contributed by atoms with Crippen molar-refractivity contribution in [2.24, 2.45) is 0 Å². The molecule has 4 heteroatoms. The van der Waals surface area contributed by atoms with Crippen LogP contribution in [0.2, 0.25) is 0 Å². The van der Waals surface area contributed by atoms with Crippen LogP contribution in [-0.2, 0) is 0 Å². The number of likely N-dealkylation sites (tertiary alicyclic amines) is 1. The van der Waals surface area contributed by atoms with Crippen molar-refractivity contribution in [1.82, 2.24) is 4.90 Å². The van der Waals surface area contributed by atoms with Crippen molar-refractivity contribution < 1.29 is 9.50 Å². The number of hydrogen-bond acceptors (Lipinski definition) is 3. The van der Waals surface area contributed by atoms with Crippen LogP contribution in [0.3, 0.4) is 0 Å². The molecule has 0 radical (unpaired) electrons. The molecule has 1 fully saturated rings. The van der Waals surface area contributed by atoms with Crippen LogP contribution in [0.1, 0.15) is 18.4 Å². The smallest absolute Gasteiger partial charge is 0.123 e. The third-order valence-electron chi connectivity index (χ3n) is 3.38. The SMILES string of the molecule is Cc1cc(F)ccc1NCC(O)CN1CCCC1. The van der Waals surface area contributed by atoms with Crippen LogP contribution in [0.5, 0.6) is 0 Å². The van der Waals surface area contributed by atoms with Crippen LogP contribution >= 0.6 is 0 Å². The van der Waals surface area contributed by atoms with Crippen LogP contribution < -0.4 is 5.32 Å². The highest BCUT2D eigenvalue weighted by molar-refractivity contribution is 5.50. The predicted molar refractivity (Wildman–Crippen MR) is 71.3 cm³/mol. The maximum atomic E-state index is 12.9. The average Bonchev–Trinajstić information content (AvgIpc) is 2.80. The molecular formula is C14H21FN2O. The summed E-state index contributed by atoms with van der Waals surface area (Å²) in [5, 5.41) is 13.1. The van der Waals surface area contributed by atoms with Gasteiger partial charge in [-0.15, -0.1) is 0 Å². The fraction of sp³-hybridized carbons (Fsp3) is 0.571. The van der Waals surface area contributed by atoms with Gasteiger partial charge in [-0.2, -0.15) is 0 Å². The minimum Gasteiger partial charge on any atom is -0.390 e. The standard InChI is InChI=1S/C14H21FN2O/c1-11-8-12(15)4-5-14(11)16-9-13(18)10-17-6-2-3-7-17/h4-5,8,13,16,18H,2-3,6-7,9-10H2,1H3. The van der Waals surface area contributed by atoms with E-state index in [4.69, 9.17) is 0 Å². The first-order valence-electron chi connectivity index (χ1n) is 6.55. The molecule has 1 aromatic rings. The number of aliphatic hydroxyl groups is 1. The summed E-state index contributed by atoms with van der Waals surface area (Å²) < 4.78 is 12.9. The summed E-state index contributed by atoms with van der Waals surface area (Å²) in [6.45, 7) is 5.26. The summed E-state index contributed by atoms with van der Waals surface area (Å²) >= 11 is 0. The highest BCUT2D eigenvalue weighted by atomic mass is 19.1. The van der Waals surface area contributed by atoms with E-state index in [2.05, 4.69) is 10.2 Å². The van der Waals surface area contributed by atoms with Gasteiger partial charge in [-0.05, 0) is 56.6 Å². The van der Waals surface area contributed by atoms with Crippen molar-refractivity contribution in [2.75, 3.05) is 31.5 Å². The van der Waals surface area contributed by atoms with E-state index in [0.717, 1.165) is 24.3 Å². The molecule has 1 aromatic carbocycles. The van der Waals surface area contributed by atoms with Gasteiger partial charge in [0.1, 0.15) is 5.82 Å². The van der Waals surface area contributed by atoms with Crippen molar-refractivity contribution in [3.05, 3.63) is 29.6 Å². The number of nitrogens with zero attached hydrogens (tertiary/aromatic N) is 1. The van der Waals surface area contributed by atoms with Crippen molar-refractivity contribution in [2.45, 2.75) is 25.9 Å². The fourth-order valence-electron chi connectivity index (χ4n) is 2.38. The van der Waals surface area contributed by atoms with E-state index >= 15 is 0 Å². The topological polar surface area (TPSA) is 35.5 Å². The highest BCUT2D eigenvalue weighted by Crippen LogP contribution is 2.15. The van der Waals surface area contributed by atoms with Crippen LogP contribution in [0.4, 0.5) is 10.1 Å². The number of hydrogen-bond donors (Lipinski definition) is 2. The van der Waals surface area contributed by atoms with E-state index in [1.165, 1.54) is 25.0 Å². The minimum absolute atomic E-state index is 0.226. The number of rotatable bonds is 5. The molecule has 0 amide bonds. The van der Waals surface area contributed by atoms with E-state index in [1.54, 1.807) is 6.07 Å². The van der Waals surface area contributed by atoms with E-state index in [1.807, 2.05) is 6.92 Å². The second kappa shape index (κ2) is 6.16. The zero-order chi connectivity index (χ0) is 13.0. The molecule has 1 aliphatic heterocycles. The molecule has 1 heterocycles. The molecule has 100 valence electrons. The molecule has 18 heavy (non-hydrogen) atoms. The Morgan fingerprint density at radius 1 is 1.39 bits per heavy atom. The fourth-order valence-corrected chi connectivity index (χ4v) is 2.38. The van der Waals surface area contributed by atoms with Gasteiger partial charge in [0, 0.05) is 18.8 Å². The first-order valence-corrected chi connectivity index (χ1v) is 6.55. The Morgan fingerprint density at radius 2 is 2.11 bits per heavy atom. The molecule has 0 spiro atoms. The first-order chi connectivity index (χ1) is 8.65. The van der Waals surface area contributed by atoms with E-state index in [0.29, 0.717) is 13.1 Å². The second-order valence-electron chi connectivity index (χ2n) is 5.00. The molecule has 1 saturated heterocycles. The quantitative estimate of drug-likeness (QED) is 0.841. The zero-order valence-electron chi connectivity index (χ0n) is 10.8. The predicted octanol–water partition coefficient (Wildman–Crippen LogP) is 2.00. The normalized spacial score (nSPS) is 17.9. The lowest BCUT2D eigenvalue weighted by molar-refractivity contribution is 0.135. The van der Waals surface area contributed by atoms with Gasteiger partial charge in [-0.3, -0.25) is 0 Å². The van der Waals surface area contributed by atoms with Gasteiger partial charge in [0.25, 0.3) is 0 Å². The molecule has 0 aromatic heterocycles. The monoisotopic (exact) mass is 252 g/mol. The van der Waals surface area contributed by atoms with Crippen molar-refractivity contribution in [3.8, 4) is 0 Å². The van der Waals surface area contributed by atoms with Crippen molar-refractivity contribution in [1.29, 1.82) is 0 Å². The van der Waals surface area contributed by atoms with E-state index < -0.39 is 0 Å². The second-order valence-corrected chi connectivity index (χ2v) is 5.00. The minimum atomic E-state index is -0.382. The zero-order valence-corrected chi connectivity index (χ0v) is 10.8. The Kier molecular flexibility index (Phi) is 4.55. The summed E-state index contributed by atoms with van der Waals surface area (Å²) in [6, 6.07) is 4.64. The third-order valence-corrected chi connectivity index (χ3v) is 3.38. The summed E-state index contributed by atoms with van der Waals surface area (Å²) in [6.07, 6.45) is 2.08. The Balaban J connectivity index is 1.79. The summed E-state index contributed by atoms with van der Waals surface area (Å²) in [7, 11) is 0. The van der Waals surface area contributed by atoms with Gasteiger partial charge in [0.15, 0.2) is 0 Å². The molecule has 0 bridgehead atoms. The Labute approximate surface area is 108 Å². The lowest BCUT2D eigenvalue weighted by atomic mass is 10.2. The van der Waals surface area contributed by atoms with Crippen molar-refractivity contribution in [3.63, 3.8) is 0 Å². The third kappa shape index (κ3) is 3.68. The van der Waals surface area contributed by atoms with Gasteiger partial charge >= 0.3 is 0 Å². The lowest BCUT2D eigenvalue weighted by Gasteiger charge is -2.20. The number of anilines is 1. The largest absolute Gasteiger partial charge is 0.390 e. The molecule has 1 unspecified atom stereocenters. The highest BCUT2D eigenvalue weighted by Gasteiger charge is 2.15. The Bertz CT molecular complexity index is 391. The van der Waals surface area contributed by atoms with Crippen LogP contribution in [0.25, 0.3) is 0 Å². The number of β-amino-alcohol motifs (C(OH)–C–C–N with tert-alkyl or cyclic N) is 1. The van der Waals surface area contributed by atoms with E-state index in [-0.39, 0.29) is 11.9 Å². The number of aliphatic hydroxyl groups excluding tert-OH is 1. The Morgan fingerprint density at radius 3 is 2.78 bits per heavy atom. The number of aryl methyl sites for hydroxylation is 1. The molecule has 0 aliphatic carbocycles. The molecule has 0 saturated carbocycles. The average molecular weight is 252 g/mol. The first kappa shape index (κ1) is 13.3. The van der Waals surface area contributed by atoms with Gasteiger partial charge in [-0.25, -0.2) is 4.39 Å². The summed E-state index contributed by atoms with van der Waals surface area (Å²) in [4.78, 5) is 2.28. The summed E-state index contributed by atoms with van der Waals surface area (Å²) in [5.74, 6) is -0.226.